The Morgan fingerprint density at radius 1 is 1.00 bits per heavy atom. The van der Waals surface area contributed by atoms with E-state index >= 15 is 0 Å². The normalized spacial score (nSPS) is 34.1. The highest BCUT2D eigenvalue weighted by Gasteiger charge is 2.39. The summed E-state index contributed by atoms with van der Waals surface area (Å²) in [5.74, 6) is 2.69. The van der Waals surface area contributed by atoms with E-state index < -0.39 is 0 Å². The van der Waals surface area contributed by atoms with E-state index in [-0.39, 0.29) is 0 Å². The fourth-order valence-corrected chi connectivity index (χ4v) is 5.13. The molecule has 0 bridgehead atoms. The van der Waals surface area contributed by atoms with Crippen molar-refractivity contribution in [2.75, 3.05) is 11.5 Å². The molecule has 94 valence electrons. The van der Waals surface area contributed by atoms with Crippen molar-refractivity contribution in [2.24, 2.45) is 10.8 Å². The van der Waals surface area contributed by atoms with Crippen molar-refractivity contribution in [3.63, 3.8) is 0 Å². The van der Waals surface area contributed by atoms with Gasteiger partial charge in [0.2, 0.25) is 0 Å². The lowest BCUT2D eigenvalue weighted by molar-refractivity contribution is 0.0815. The molecule has 0 aromatic heterocycles. The second kappa shape index (κ2) is 4.53. The molecule has 1 N–H and O–H groups in total. The summed E-state index contributed by atoms with van der Waals surface area (Å²) in [6.07, 6.45) is 5.47. The molecule has 1 aliphatic heterocycles. The molecule has 1 saturated carbocycles. The van der Waals surface area contributed by atoms with Crippen LogP contribution in [-0.2, 0) is 0 Å². The SMILES string of the molecule is CC1(C)CC(NC2CCSC2)CC(C)(C)C1. The van der Waals surface area contributed by atoms with Crippen LogP contribution in [0.4, 0.5) is 0 Å². The van der Waals surface area contributed by atoms with Crippen molar-refractivity contribution in [3.05, 3.63) is 0 Å². The number of rotatable bonds is 2. The van der Waals surface area contributed by atoms with Gasteiger partial charge in [-0.2, -0.15) is 11.8 Å². The molecule has 0 aromatic carbocycles. The lowest BCUT2D eigenvalue weighted by atomic mass is 9.63. The number of thioether (sulfide) groups is 1. The second-order valence-electron chi connectivity index (χ2n) is 7.34. The first-order valence-electron chi connectivity index (χ1n) is 6.70. The zero-order valence-corrected chi connectivity index (χ0v) is 12.1. The molecule has 1 nitrogen and oxygen atoms in total. The van der Waals surface area contributed by atoms with E-state index in [2.05, 4.69) is 44.8 Å². The summed E-state index contributed by atoms with van der Waals surface area (Å²) in [4.78, 5) is 0. The van der Waals surface area contributed by atoms with E-state index in [1.54, 1.807) is 0 Å². The Morgan fingerprint density at radius 2 is 1.62 bits per heavy atom. The van der Waals surface area contributed by atoms with Crippen LogP contribution < -0.4 is 5.32 Å². The molecule has 2 fully saturated rings. The van der Waals surface area contributed by atoms with Crippen molar-refractivity contribution >= 4 is 11.8 Å². The van der Waals surface area contributed by atoms with Crippen molar-refractivity contribution in [1.29, 1.82) is 0 Å². The zero-order valence-electron chi connectivity index (χ0n) is 11.3. The van der Waals surface area contributed by atoms with E-state index in [1.165, 1.54) is 37.2 Å². The van der Waals surface area contributed by atoms with Crippen molar-refractivity contribution in [3.8, 4) is 0 Å². The standard InChI is InChI=1S/C14H27NS/c1-13(2)7-12(8-14(3,4)10-13)15-11-5-6-16-9-11/h11-12,15H,5-10H2,1-4H3. The molecule has 1 saturated heterocycles. The van der Waals surface area contributed by atoms with E-state index in [9.17, 15) is 0 Å². The highest BCUT2D eigenvalue weighted by Crippen LogP contribution is 2.45. The van der Waals surface area contributed by atoms with Gasteiger partial charge in [-0.15, -0.1) is 0 Å². The van der Waals surface area contributed by atoms with Gasteiger partial charge in [0.15, 0.2) is 0 Å². The first-order valence-corrected chi connectivity index (χ1v) is 7.86. The molecule has 0 amide bonds. The summed E-state index contributed by atoms with van der Waals surface area (Å²) in [5, 5.41) is 3.91. The van der Waals surface area contributed by atoms with Gasteiger partial charge < -0.3 is 5.32 Å². The fourth-order valence-electron chi connectivity index (χ4n) is 3.96. The molecule has 0 spiro atoms. The average Bonchev–Trinajstić information content (AvgIpc) is 2.49. The van der Waals surface area contributed by atoms with Crippen LogP contribution in [0.3, 0.4) is 0 Å². The van der Waals surface area contributed by atoms with Crippen LogP contribution in [-0.4, -0.2) is 23.6 Å². The highest BCUT2D eigenvalue weighted by molar-refractivity contribution is 7.99. The predicted octanol–water partition coefficient (Wildman–Crippen LogP) is 3.69. The second-order valence-corrected chi connectivity index (χ2v) is 8.49. The minimum Gasteiger partial charge on any atom is -0.310 e. The monoisotopic (exact) mass is 241 g/mol. The van der Waals surface area contributed by atoms with Gasteiger partial charge in [-0.3, -0.25) is 0 Å². The Labute approximate surface area is 105 Å². The van der Waals surface area contributed by atoms with Crippen LogP contribution >= 0.6 is 11.8 Å². The largest absolute Gasteiger partial charge is 0.310 e. The lowest BCUT2D eigenvalue weighted by Crippen LogP contribution is -2.47. The Balaban J connectivity index is 1.93. The van der Waals surface area contributed by atoms with Crippen LogP contribution in [0.15, 0.2) is 0 Å². The summed E-state index contributed by atoms with van der Waals surface area (Å²) < 4.78 is 0. The third-order valence-electron chi connectivity index (χ3n) is 3.96. The molecule has 0 radical (unpaired) electrons. The summed E-state index contributed by atoms with van der Waals surface area (Å²) in [5.41, 5.74) is 1.04. The molecule has 16 heavy (non-hydrogen) atoms. The van der Waals surface area contributed by atoms with Crippen LogP contribution in [0.1, 0.15) is 53.4 Å². The maximum absolute atomic E-state index is 3.91. The van der Waals surface area contributed by atoms with Crippen LogP contribution in [0.25, 0.3) is 0 Å². The summed E-state index contributed by atoms with van der Waals surface area (Å²) in [6.45, 7) is 9.75. The van der Waals surface area contributed by atoms with Gasteiger partial charge >= 0.3 is 0 Å². The molecule has 0 aromatic rings. The molecule has 1 aliphatic carbocycles. The first-order chi connectivity index (χ1) is 7.36. The Bertz CT molecular complexity index is 225. The zero-order chi connectivity index (χ0) is 11.8. The molecular weight excluding hydrogens is 214 g/mol. The maximum atomic E-state index is 3.91. The fraction of sp³-hybridized carbons (Fsp3) is 1.00. The summed E-state index contributed by atoms with van der Waals surface area (Å²) in [6, 6.07) is 1.54. The minimum absolute atomic E-state index is 0.519. The predicted molar refractivity (Wildman–Crippen MR) is 74.1 cm³/mol. The molecule has 1 heterocycles. The highest BCUT2D eigenvalue weighted by atomic mass is 32.2. The summed E-state index contributed by atoms with van der Waals surface area (Å²) >= 11 is 2.11. The van der Waals surface area contributed by atoms with Gasteiger partial charge in [-0.25, -0.2) is 0 Å². The van der Waals surface area contributed by atoms with Gasteiger partial charge in [0, 0.05) is 17.8 Å². The van der Waals surface area contributed by atoms with E-state index in [4.69, 9.17) is 0 Å². The average molecular weight is 241 g/mol. The van der Waals surface area contributed by atoms with Gasteiger partial charge in [0.1, 0.15) is 0 Å². The van der Waals surface area contributed by atoms with Crippen molar-refractivity contribution in [2.45, 2.75) is 65.5 Å². The first kappa shape index (κ1) is 12.8. The van der Waals surface area contributed by atoms with Crippen molar-refractivity contribution < 1.29 is 0 Å². The number of hydrogen-bond acceptors (Lipinski definition) is 2. The quantitative estimate of drug-likeness (QED) is 0.791. The van der Waals surface area contributed by atoms with E-state index in [1.807, 2.05) is 0 Å². The number of hydrogen-bond donors (Lipinski definition) is 1. The molecule has 2 aliphatic rings. The Hall–Kier alpha value is 0.310. The Kier molecular flexibility index (Phi) is 3.61. The van der Waals surface area contributed by atoms with Crippen molar-refractivity contribution in [1.82, 2.24) is 5.32 Å². The van der Waals surface area contributed by atoms with E-state index in [0.717, 1.165) is 12.1 Å². The lowest BCUT2D eigenvalue weighted by Gasteiger charge is -2.46. The third-order valence-corrected chi connectivity index (χ3v) is 5.12. The topological polar surface area (TPSA) is 12.0 Å². The van der Waals surface area contributed by atoms with Crippen LogP contribution in [0.2, 0.25) is 0 Å². The maximum Gasteiger partial charge on any atom is 0.0168 e. The number of nitrogens with one attached hydrogen (secondary N) is 1. The Morgan fingerprint density at radius 3 is 2.12 bits per heavy atom. The van der Waals surface area contributed by atoms with Gasteiger partial charge in [-0.05, 0) is 42.3 Å². The molecule has 2 rings (SSSR count). The molecule has 1 unspecified atom stereocenters. The van der Waals surface area contributed by atoms with Gasteiger partial charge in [0.25, 0.3) is 0 Å². The molecular formula is C14H27NS. The minimum atomic E-state index is 0.519. The summed E-state index contributed by atoms with van der Waals surface area (Å²) in [7, 11) is 0. The van der Waals surface area contributed by atoms with Crippen LogP contribution in [0.5, 0.6) is 0 Å². The molecule has 1 atom stereocenters. The molecule has 2 heteroatoms. The van der Waals surface area contributed by atoms with E-state index in [0.29, 0.717) is 10.8 Å². The van der Waals surface area contributed by atoms with Gasteiger partial charge in [0.05, 0.1) is 0 Å². The smallest absolute Gasteiger partial charge is 0.0168 e. The van der Waals surface area contributed by atoms with Gasteiger partial charge in [-0.1, -0.05) is 27.7 Å². The van der Waals surface area contributed by atoms with Crippen LogP contribution in [0, 0.1) is 10.8 Å². The third kappa shape index (κ3) is 3.40.